The number of nitrogens with zero attached hydrogens (tertiary/aromatic N) is 2. The highest BCUT2D eigenvalue weighted by atomic mass is 35.5. The minimum atomic E-state index is -0.674. The highest BCUT2D eigenvalue weighted by Crippen LogP contribution is 2.30. The number of amides is 1. The predicted octanol–water partition coefficient (Wildman–Crippen LogP) is 5.61. The molecular formula is C26H33ClN2O4. The molecule has 1 aliphatic carbocycles. The zero-order valence-corrected chi connectivity index (χ0v) is 20.9. The van der Waals surface area contributed by atoms with E-state index >= 15 is 0 Å². The van der Waals surface area contributed by atoms with Crippen LogP contribution in [0.3, 0.4) is 0 Å². The molecule has 6 nitrogen and oxygen atoms in total. The van der Waals surface area contributed by atoms with Gasteiger partial charge in [-0.15, -0.1) is 0 Å². The fraction of sp³-hybridized carbons (Fsp3) is 0.500. The Bertz CT molecular complexity index is 1040. The number of carbonyl (C=O) groups excluding carboxylic acids is 3. The first-order valence-electron chi connectivity index (χ1n) is 11.6. The number of methoxy groups -OCH3 is 1. The molecule has 1 aliphatic rings. The zero-order chi connectivity index (χ0) is 24.3. The van der Waals surface area contributed by atoms with Gasteiger partial charge in [0.25, 0.3) is 5.91 Å². The Labute approximate surface area is 200 Å². The molecule has 33 heavy (non-hydrogen) atoms. The number of esters is 1. The van der Waals surface area contributed by atoms with Crippen LogP contribution in [0, 0.1) is 13.8 Å². The van der Waals surface area contributed by atoms with Gasteiger partial charge < -0.3 is 14.2 Å². The van der Waals surface area contributed by atoms with E-state index in [2.05, 4.69) is 0 Å². The Morgan fingerprint density at radius 3 is 2.27 bits per heavy atom. The van der Waals surface area contributed by atoms with Crippen LogP contribution in [0.2, 0.25) is 5.02 Å². The topological polar surface area (TPSA) is 68.6 Å². The summed E-state index contributed by atoms with van der Waals surface area (Å²) in [6.45, 7) is 7.88. The van der Waals surface area contributed by atoms with Crippen LogP contribution in [-0.4, -0.2) is 46.3 Å². The fourth-order valence-corrected chi connectivity index (χ4v) is 5.23. The van der Waals surface area contributed by atoms with Gasteiger partial charge in [-0.3, -0.25) is 9.59 Å². The van der Waals surface area contributed by atoms with E-state index in [4.69, 9.17) is 16.3 Å². The molecule has 178 valence electrons. The van der Waals surface area contributed by atoms with Gasteiger partial charge in [-0.1, -0.05) is 30.9 Å². The molecule has 1 saturated carbocycles. The summed E-state index contributed by atoms with van der Waals surface area (Å²) >= 11 is 6.02. The van der Waals surface area contributed by atoms with Gasteiger partial charge >= 0.3 is 5.97 Å². The molecule has 0 aliphatic heterocycles. The number of hydrogen-bond acceptors (Lipinski definition) is 4. The fourth-order valence-electron chi connectivity index (χ4n) is 5.11. The summed E-state index contributed by atoms with van der Waals surface area (Å²) in [5.74, 6) is -0.793. The van der Waals surface area contributed by atoms with Crippen LogP contribution >= 0.6 is 11.6 Å². The van der Waals surface area contributed by atoms with Crippen molar-refractivity contribution >= 4 is 29.3 Å². The summed E-state index contributed by atoms with van der Waals surface area (Å²) in [6.07, 6.45) is 4.96. The third-order valence-corrected chi connectivity index (χ3v) is 7.05. The number of aromatic nitrogens is 1. The van der Waals surface area contributed by atoms with Gasteiger partial charge in [-0.2, -0.15) is 0 Å². The van der Waals surface area contributed by atoms with Gasteiger partial charge in [0.2, 0.25) is 0 Å². The van der Waals surface area contributed by atoms with Crippen LogP contribution in [0.15, 0.2) is 24.3 Å². The maximum absolute atomic E-state index is 13.9. The van der Waals surface area contributed by atoms with E-state index < -0.39 is 12.0 Å². The van der Waals surface area contributed by atoms with Crippen LogP contribution in [-0.2, 0) is 11.3 Å². The molecule has 0 radical (unpaired) electrons. The largest absolute Gasteiger partial charge is 0.464 e. The lowest BCUT2D eigenvalue weighted by Crippen LogP contribution is -2.50. The molecule has 3 rings (SSSR count). The van der Waals surface area contributed by atoms with Crippen LogP contribution in [0.4, 0.5) is 0 Å². The van der Waals surface area contributed by atoms with Crippen molar-refractivity contribution in [3.8, 4) is 0 Å². The summed E-state index contributed by atoms with van der Waals surface area (Å²) in [5, 5.41) is 0.558. The lowest BCUT2D eigenvalue weighted by molar-refractivity contribution is 0.0486. The van der Waals surface area contributed by atoms with Crippen LogP contribution in [0.25, 0.3) is 0 Å². The first-order chi connectivity index (χ1) is 15.7. The smallest absolute Gasteiger partial charge is 0.354 e. The second-order valence-electron chi connectivity index (χ2n) is 8.72. The Kier molecular flexibility index (Phi) is 8.01. The van der Waals surface area contributed by atoms with Crippen molar-refractivity contribution in [2.24, 2.45) is 0 Å². The van der Waals surface area contributed by atoms with Crippen molar-refractivity contribution in [2.45, 2.75) is 78.4 Å². The molecule has 1 fully saturated rings. The predicted molar refractivity (Wildman–Crippen MR) is 129 cm³/mol. The molecule has 1 atom stereocenters. The second-order valence-corrected chi connectivity index (χ2v) is 9.16. The molecule has 0 saturated heterocycles. The average molecular weight is 473 g/mol. The zero-order valence-electron chi connectivity index (χ0n) is 20.1. The van der Waals surface area contributed by atoms with E-state index in [9.17, 15) is 14.4 Å². The molecule has 1 aromatic heterocycles. The van der Waals surface area contributed by atoms with Gasteiger partial charge in [0.1, 0.15) is 5.69 Å². The molecule has 0 N–H and O–H groups in total. The monoisotopic (exact) mass is 472 g/mol. The number of halogens is 1. The molecule has 1 amide bonds. The SMILES string of the molecule is CCn1c(C)c(C(=O)C(C)N(C(=O)c2ccc(Cl)cc2)C2CCCCC2)c(C)c1C(=O)OC. The molecule has 0 bridgehead atoms. The van der Waals surface area contributed by atoms with Crippen molar-refractivity contribution < 1.29 is 19.1 Å². The second kappa shape index (κ2) is 10.6. The standard InChI is InChI=1S/C26H33ClN2O4/c1-6-28-17(3)22(16(2)23(28)26(32)33-5)24(30)18(4)29(21-10-8-7-9-11-21)25(31)19-12-14-20(27)15-13-19/h12-15,18,21H,6-11H2,1-5H3. The molecular weight excluding hydrogens is 440 g/mol. The average Bonchev–Trinajstić information content (AvgIpc) is 3.08. The first kappa shape index (κ1) is 25.0. The number of carbonyl (C=O) groups is 3. The Balaban J connectivity index is 2.04. The van der Waals surface area contributed by atoms with Gasteiger partial charge in [0, 0.05) is 34.4 Å². The molecule has 0 spiro atoms. The molecule has 2 aromatic rings. The van der Waals surface area contributed by atoms with Crippen LogP contribution < -0.4 is 0 Å². The van der Waals surface area contributed by atoms with Crippen LogP contribution in [0.1, 0.15) is 88.4 Å². The third kappa shape index (κ3) is 4.86. The normalized spacial score (nSPS) is 15.2. The van der Waals surface area contributed by atoms with E-state index in [0.717, 1.165) is 37.8 Å². The lowest BCUT2D eigenvalue weighted by Gasteiger charge is -2.38. The molecule has 1 unspecified atom stereocenters. The first-order valence-corrected chi connectivity index (χ1v) is 12.0. The Morgan fingerprint density at radius 1 is 1.12 bits per heavy atom. The van der Waals surface area contributed by atoms with Crippen molar-refractivity contribution in [1.29, 1.82) is 0 Å². The number of hydrogen-bond donors (Lipinski definition) is 0. The van der Waals surface area contributed by atoms with E-state index in [1.165, 1.54) is 7.11 Å². The van der Waals surface area contributed by atoms with Gasteiger partial charge in [-0.05, 0) is 70.4 Å². The number of Topliss-reactive ketones (excluding diaryl/α,β-unsaturated/α-hetero) is 1. The minimum absolute atomic E-state index is 0.00479. The van der Waals surface area contributed by atoms with Gasteiger partial charge in [0.15, 0.2) is 5.78 Å². The van der Waals surface area contributed by atoms with Gasteiger partial charge in [-0.25, -0.2) is 4.79 Å². The number of ketones is 1. The van der Waals surface area contributed by atoms with Crippen molar-refractivity contribution in [3.63, 3.8) is 0 Å². The number of benzene rings is 1. The van der Waals surface area contributed by atoms with E-state index in [1.807, 2.05) is 18.4 Å². The lowest BCUT2D eigenvalue weighted by atomic mass is 9.90. The minimum Gasteiger partial charge on any atom is -0.464 e. The van der Waals surface area contributed by atoms with Crippen molar-refractivity contribution in [2.75, 3.05) is 7.11 Å². The summed E-state index contributed by atoms with van der Waals surface area (Å²) in [6, 6.07) is 6.12. The summed E-state index contributed by atoms with van der Waals surface area (Å²) in [4.78, 5) is 41.7. The molecule has 1 heterocycles. The van der Waals surface area contributed by atoms with Crippen molar-refractivity contribution in [3.05, 3.63) is 57.4 Å². The summed E-state index contributed by atoms with van der Waals surface area (Å²) < 4.78 is 6.78. The highest BCUT2D eigenvalue weighted by Gasteiger charge is 2.36. The Morgan fingerprint density at radius 2 is 1.73 bits per heavy atom. The third-order valence-electron chi connectivity index (χ3n) is 6.80. The Hall–Kier alpha value is -2.60. The maximum atomic E-state index is 13.9. The van der Waals surface area contributed by atoms with E-state index in [-0.39, 0.29) is 17.7 Å². The maximum Gasteiger partial charge on any atom is 0.354 e. The van der Waals surface area contributed by atoms with Crippen LogP contribution in [0.5, 0.6) is 0 Å². The quantitative estimate of drug-likeness (QED) is 0.388. The van der Waals surface area contributed by atoms with E-state index in [1.54, 1.807) is 43.0 Å². The number of ether oxygens (including phenoxy) is 1. The highest BCUT2D eigenvalue weighted by molar-refractivity contribution is 6.30. The number of rotatable bonds is 7. The summed E-state index contributed by atoms with van der Waals surface area (Å²) in [5.41, 5.74) is 2.71. The van der Waals surface area contributed by atoms with E-state index in [0.29, 0.717) is 34.0 Å². The van der Waals surface area contributed by atoms with Crippen molar-refractivity contribution in [1.82, 2.24) is 9.47 Å². The van der Waals surface area contributed by atoms with Gasteiger partial charge in [0.05, 0.1) is 13.2 Å². The molecule has 7 heteroatoms. The summed E-state index contributed by atoms with van der Waals surface area (Å²) in [7, 11) is 1.34. The molecule has 1 aromatic carbocycles.